The summed E-state index contributed by atoms with van der Waals surface area (Å²) in [4.78, 5) is 41.9. The summed E-state index contributed by atoms with van der Waals surface area (Å²) >= 11 is 0. The largest absolute Gasteiger partial charge is 0.478 e. The third-order valence-corrected chi connectivity index (χ3v) is 7.04. The Hall–Kier alpha value is -4.94. The highest BCUT2D eigenvalue weighted by atomic mass is 19.3. The van der Waals surface area contributed by atoms with E-state index in [4.69, 9.17) is 0 Å². The molecule has 4 aromatic rings. The standard InChI is InChI=1S/C28H24F3N5O5/c1-13-3-4-15(9-23(13)41-28(30)31)11-32-25(37)21-10-22(36-24(34-21)19(29)12-33-36)26(38)35-20-8-7-16-14(2)17(27(39)40)5-6-18(16)20/h3-6,9-10,12,20,28H,7-8,11H2,1-2H3,(H,32,37)(H,35,38)(H,39,40)/t20-/m0/s1. The Kier molecular flexibility index (Phi) is 7.35. The molecule has 1 atom stereocenters. The van der Waals surface area contributed by atoms with E-state index in [-0.39, 0.29) is 34.9 Å². The highest BCUT2D eigenvalue weighted by molar-refractivity contribution is 5.98. The van der Waals surface area contributed by atoms with Crippen molar-refractivity contribution in [2.45, 2.75) is 45.9 Å². The summed E-state index contributed by atoms with van der Waals surface area (Å²) < 4.78 is 45.3. The Balaban J connectivity index is 1.38. The quantitative estimate of drug-likeness (QED) is 0.291. The molecule has 10 nitrogen and oxygen atoms in total. The molecule has 1 aliphatic carbocycles. The number of nitrogens with zero attached hydrogens (tertiary/aromatic N) is 3. The molecule has 0 saturated carbocycles. The number of carbonyl (C=O) groups is 3. The monoisotopic (exact) mass is 567 g/mol. The Morgan fingerprint density at radius 3 is 2.66 bits per heavy atom. The van der Waals surface area contributed by atoms with Crippen molar-refractivity contribution in [1.82, 2.24) is 25.2 Å². The van der Waals surface area contributed by atoms with Gasteiger partial charge in [0.1, 0.15) is 17.1 Å². The van der Waals surface area contributed by atoms with Gasteiger partial charge in [-0.1, -0.05) is 18.2 Å². The Bertz CT molecular complexity index is 1700. The fourth-order valence-electron chi connectivity index (χ4n) is 4.96. The normalized spacial score (nSPS) is 14.2. The molecule has 0 aliphatic heterocycles. The summed E-state index contributed by atoms with van der Waals surface area (Å²) in [6.07, 6.45) is 1.96. The van der Waals surface area contributed by atoms with Gasteiger partial charge in [-0.05, 0) is 66.6 Å². The number of halogens is 3. The minimum atomic E-state index is -3.01. The van der Waals surface area contributed by atoms with Gasteiger partial charge < -0.3 is 20.5 Å². The minimum Gasteiger partial charge on any atom is -0.478 e. The van der Waals surface area contributed by atoms with E-state index >= 15 is 0 Å². The Morgan fingerprint density at radius 2 is 1.93 bits per heavy atom. The summed E-state index contributed by atoms with van der Waals surface area (Å²) in [7, 11) is 0. The topological polar surface area (TPSA) is 135 Å². The number of hydrogen-bond acceptors (Lipinski definition) is 6. The van der Waals surface area contributed by atoms with Crippen LogP contribution in [0.25, 0.3) is 5.65 Å². The fraction of sp³-hybridized carbons (Fsp3) is 0.250. The van der Waals surface area contributed by atoms with Crippen LogP contribution in [0.3, 0.4) is 0 Å². The zero-order chi connectivity index (χ0) is 29.4. The molecule has 41 heavy (non-hydrogen) atoms. The van der Waals surface area contributed by atoms with E-state index < -0.39 is 36.3 Å². The SMILES string of the molecule is Cc1ccc(CNC(=O)c2cc(C(=O)N[C@H]3CCc4c3ccc(C(=O)O)c4C)n3ncc(F)c3n2)cc1OC(F)F. The van der Waals surface area contributed by atoms with E-state index in [2.05, 4.69) is 25.5 Å². The van der Waals surface area contributed by atoms with Gasteiger partial charge in [0.05, 0.1) is 17.8 Å². The number of aromatic nitrogens is 3. The second kappa shape index (κ2) is 10.9. The molecule has 0 saturated heterocycles. The number of aryl methyl sites for hydroxylation is 1. The molecule has 0 spiro atoms. The van der Waals surface area contributed by atoms with Crippen LogP contribution in [0, 0.1) is 19.7 Å². The summed E-state index contributed by atoms with van der Waals surface area (Å²) in [5.41, 5.74) is 2.68. The molecule has 1 aliphatic rings. The van der Waals surface area contributed by atoms with Crippen molar-refractivity contribution >= 4 is 23.4 Å². The van der Waals surface area contributed by atoms with Crippen LogP contribution in [-0.2, 0) is 13.0 Å². The lowest BCUT2D eigenvalue weighted by Gasteiger charge is -2.16. The summed E-state index contributed by atoms with van der Waals surface area (Å²) in [6.45, 7) is 0.240. The van der Waals surface area contributed by atoms with Crippen LogP contribution in [0.2, 0.25) is 0 Å². The zero-order valence-corrected chi connectivity index (χ0v) is 21.9. The van der Waals surface area contributed by atoms with E-state index in [1.54, 1.807) is 32.0 Å². The van der Waals surface area contributed by atoms with Crippen LogP contribution >= 0.6 is 0 Å². The maximum atomic E-state index is 14.5. The van der Waals surface area contributed by atoms with Crippen molar-refractivity contribution in [3.8, 4) is 5.75 Å². The number of carbonyl (C=O) groups excluding carboxylic acids is 2. The molecule has 3 N–H and O–H groups in total. The number of carboxylic acids is 1. The van der Waals surface area contributed by atoms with E-state index in [0.717, 1.165) is 21.8 Å². The maximum absolute atomic E-state index is 14.5. The van der Waals surface area contributed by atoms with Crippen molar-refractivity contribution in [2.24, 2.45) is 0 Å². The van der Waals surface area contributed by atoms with E-state index in [1.807, 2.05) is 0 Å². The van der Waals surface area contributed by atoms with Crippen molar-refractivity contribution in [2.75, 3.05) is 0 Å². The van der Waals surface area contributed by atoms with Gasteiger partial charge in [-0.3, -0.25) is 9.59 Å². The molecule has 0 bridgehead atoms. The lowest BCUT2D eigenvalue weighted by Crippen LogP contribution is -2.30. The van der Waals surface area contributed by atoms with E-state index in [9.17, 15) is 32.7 Å². The highest BCUT2D eigenvalue weighted by Gasteiger charge is 2.29. The fourth-order valence-corrected chi connectivity index (χ4v) is 4.96. The first-order valence-corrected chi connectivity index (χ1v) is 12.6. The zero-order valence-electron chi connectivity index (χ0n) is 21.9. The molecule has 0 unspecified atom stereocenters. The number of amides is 2. The molecule has 13 heteroatoms. The van der Waals surface area contributed by atoms with E-state index in [1.165, 1.54) is 18.2 Å². The molecule has 2 aromatic heterocycles. The Labute approximate surface area is 231 Å². The summed E-state index contributed by atoms with van der Waals surface area (Å²) in [6, 6.07) is 8.47. The number of benzene rings is 2. The van der Waals surface area contributed by atoms with Gasteiger partial charge in [0.2, 0.25) is 0 Å². The number of nitrogens with one attached hydrogen (secondary N) is 2. The molecule has 0 fully saturated rings. The van der Waals surface area contributed by atoms with Gasteiger partial charge in [0.15, 0.2) is 11.5 Å². The molecule has 212 valence electrons. The highest BCUT2D eigenvalue weighted by Crippen LogP contribution is 2.35. The number of fused-ring (bicyclic) bond motifs is 2. The molecule has 2 heterocycles. The van der Waals surface area contributed by atoms with Gasteiger partial charge in [-0.15, -0.1) is 0 Å². The average molecular weight is 568 g/mol. The molecule has 0 radical (unpaired) electrons. The van der Waals surface area contributed by atoms with Crippen LogP contribution in [0.15, 0.2) is 42.6 Å². The maximum Gasteiger partial charge on any atom is 0.387 e. The molecule has 5 rings (SSSR count). The first-order valence-electron chi connectivity index (χ1n) is 12.6. The third-order valence-electron chi connectivity index (χ3n) is 7.04. The summed E-state index contributed by atoms with van der Waals surface area (Å²) in [5.74, 6) is -3.28. The van der Waals surface area contributed by atoms with Gasteiger partial charge in [0, 0.05) is 12.6 Å². The van der Waals surface area contributed by atoms with Crippen molar-refractivity contribution < 1.29 is 37.4 Å². The van der Waals surface area contributed by atoms with Gasteiger partial charge in [0.25, 0.3) is 11.8 Å². The Morgan fingerprint density at radius 1 is 1.15 bits per heavy atom. The van der Waals surface area contributed by atoms with Gasteiger partial charge >= 0.3 is 12.6 Å². The predicted octanol–water partition coefficient (Wildman–Crippen LogP) is 4.13. The van der Waals surface area contributed by atoms with Crippen LogP contribution in [0.4, 0.5) is 13.2 Å². The minimum absolute atomic E-state index is 0.0329. The van der Waals surface area contributed by atoms with Crippen LogP contribution in [0.1, 0.15) is 71.6 Å². The lowest BCUT2D eigenvalue weighted by molar-refractivity contribution is -0.0503. The van der Waals surface area contributed by atoms with Crippen LogP contribution < -0.4 is 15.4 Å². The number of aromatic carboxylic acids is 1. The second-order valence-electron chi connectivity index (χ2n) is 9.59. The van der Waals surface area contributed by atoms with Gasteiger partial charge in [-0.25, -0.2) is 18.7 Å². The molecule has 2 amide bonds. The first kappa shape index (κ1) is 27.6. The number of carboxylic acid groups (broad SMARTS) is 1. The first-order chi connectivity index (χ1) is 19.5. The third kappa shape index (κ3) is 5.42. The van der Waals surface area contributed by atoms with E-state index in [0.29, 0.717) is 29.5 Å². The van der Waals surface area contributed by atoms with Crippen molar-refractivity contribution in [3.05, 3.63) is 93.2 Å². The van der Waals surface area contributed by atoms with Gasteiger partial charge in [-0.2, -0.15) is 13.9 Å². The predicted molar refractivity (Wildman–Crippen MR) is 139 cm³/mol. The van der Waals surface area contributed by atoms with Crippen LogP contribution in [-0.4, -0.2) is 44.1 Å². The number of hydrogen-bond donors (Lipinski definition) is 3. The number of alkyl halides is 2. The molecular weight excluding hydrogens is 543 g/mol. The smallest absolute Gasteiger partial charge is 0.387 e. The molecule has 2 aromatic carbocycles. The van der Waals surface area contributed by atoms with Crippen molar-refractivity contribution in [1.29, 1.82) is 0 Å². The van der Waals surface area contributed by atoms with Crippen molar-refractivity contribution in [3.63, 3.8) is 0 Å². The number of ether oxygens (including phenoxy) is 1. The average Bonchev–Trinajstić information content (AvgIpc) is 3.51. The molecular formula is C28H24F3N5O5. The number of rotatable bonds is 8. The second-order valence-corrected chi connectivity index (χ2v) is 9.59. The lowest BCUT2D eigenvalue weighted by atomic mass is 9.98. The summed E-state index contributed by atoms with van der Waals surface area (Å²) in [5, 5.41) is 18.8. The van der Waals surface area contributed by atoms with Crippen LogP contribution in [0.5, 0.6) is 5.75 Å².